The predicted octanol–water partition coefficient (Wildman–Crippen LogP) is 3.77. The lowest BCUT2D eigenvalue weighted by Gasteiger charge is -2.13. The molecule has 0 saturated heterocycles. The number of fused-ring (bicyclic) bond motifs is 4. The van der Waals surface area contributed by atoms with Crippen molar-refractivity contribution in [2.45, 2.75) is 33.6 Å². The fourth-order valence-electron chi connectivity index (χ4n) is 4.10. The summed E-state index contributed by atoms with van der Waals surface area (Å²) in [7, 11) is 0. The zero-order valence-electron chi connectivity index (χ0n) is 15.9. The number of carbonyl (C=O) groups excluding carboxylic acids is 1. The Kier molecular flexibility index (Phi) is 4.51. The second-order valence-corrected chi connectivity index (χ2v) is 8.11. The molecule has 0 saturated carbocycles. The van der Waals surface area contributed by atoms with E-state index < -0.39 is 0 Å². The Morgan fingerprint density at radius 3 is 2.50 bits per heavy atom. The molecule has 2 aromatic carbocycles. The summed E-state index contributed by atoms with van der Waals surface area (Å²) >= 11 is 3.55. The summed E-state index contributed by atoms with van der Waals surface area (Å²) in [5.41, 5.74) is 8.28. The van der Waals surface area contributed by atoms with Crippen molar-refractivity contribution in [1.82, 2.24) is 15.4 Å². The number of carbonyl (C=O) groups is 1. The van der Waals surface area contributed by atoms with Gasteiger partial charge in [0.2, 0.25) is 5.91 Å². The molecule has 2 heterocycles. The van der Waals surface area contributed by atoms with Crippen molar-refractivity contribution in [3.8, 4) is 0 Å². The lowest BCUT2D eigenvalue weighted by molar-refractivity contribution is -0.121. The maximum atomic E-state index is 13.3. The van der Waals surface area contributed by atoms with Crippen LogP contribution in [0.25, 0.3) is 32.7 Å². The van der Waals surface area contributed by atoms with Gasteiger partial charge in [0.25, 0.3) is 0 Å². The highest BCUT2D eigenvalue weighted by Crippen LogP contribution is 2.36. The van der Waals surface area contributed by atoms with E-state index in [1.165, 1.54) is 0 Å². The minimum absolute atomic E-state index is 0.0293. The molecule has 0 fully saturated rings. The van der Waals surface area contributed by atoms with E-state index in [1.807, 2.05) is 32.9 Å². The molecule has 1 amide bonds. The maximum absolute atomic E-state index is 13.3. The van der Waals surface area contributed by atoms with Gasteiger partial charge < -0.3 is 9.97 Å². The minimum Gasteiger partial charge on any atom is -0.358 e. The SMILES string of the molecule is Cc1[nH]c2c(C)c3c([nH]c4ccc(Br)cc43)c(C)c2c(=O)c1CCC(=O)NN. The van der Waals surface area contributed by atoms with Crippen LogP contribution in [0.5, 0.6) is 0 Å². The molecule has 0 aliphatic heterocycles. The van der Waals surface area contributed by atoms with Gasteiger partial charge >= 0.3 is 0 Å². The number of hydrogen-bond donors (Lipinski definition) is 4. The number of hydrazine groups is 1. The summed E-state index contributed by atoms with van der Waals surface area (Å²) < 4.78 is 1.01. The Morgan fingerprint density at radius 1 is 1.11 bits per heavy atom. The highest BCUT2D eigenvalue weighted by Gasteiger charge is 2.19. The standard InChI is InChI=1S/C21H21BrN4O2/c1-9-17-14-8-12(22)4-6-15(14)25-19(17)10(2)18-20(9)24-11(3)13(21(18)28)5-7-16(27)26-23/h4,6,8,25H,5,7,23H2,1-3H3,(H,24,28)(H,26,27). The number of halogens is 1. The molecule has 0 spiro atoms. The highest BCUT2D eigenvalue weighted by molar-refractivity contribution is 9.10. The van der Waals surface area contributed by atoms with Crippen LogP contribution in [0.1, 0.15) is 28.8 Å². The largest absolute Gasteiger partial charge is 0.358 e. The van der Waals surface area contributed by atoms with Crippen LogP contribution in [0.4, 0.5) is 0 Å². The van der Waals surface area contributed by atoms with E-state index in [9.17, 15) is 9.59 Å². The van der Waals surface area contributed by atoms with Crippen LogP contribution in [0.3, 0.4) is 0 Å². The van der Waals surface area contributed by atoms with Crippen LogP contribution in [-0.4, -0.2) is 15.9 Å². The molecule has 4 rings (SSSR count). The van der Waals surface area contributed by atoms with Crippen molar-refractivity contribution in [3.63, 3.8) is 0 Å². The van der Waals surface area contributed by atoms with E-state index >= 15 is 0 Å². The summed E-state index contributed by atoms with van der Waals surface area (Å²) in [5.74, 6) is 4.88. The molecule has 0 radical (unpaired) electrons. The molecule has 0 bridgehead atoms. The number of aryl methyl sites for hydroxylation is 3. The monoisotopic (exact) mass is 440 g/mol. The van der Waals surface area contributed by atoms with Gasteiger partial charge in [-0.1, -0.05) is 15.9 Å². The molecule has 5 N–H and O–H groups in total. The zero-order chi connectivity index (χ0) is 20.2. The lowest BCUT2D eigenvalue weighted by Crippen LogP contribution is -2.30. The molecule has 6 nitrogen and oxygen atoms in total. The van der Waals surface area contributed by atoms with Crippen LogP contribution in [0, 0.1) is 20.8 Å². The third-order valence-corrected chi connectivity index (χ3v) is 6.03. The first-order valence-corrected chi connectivity index (χ1v) is 9.87. The number of aromatic nitrogens is 2. The molecular weight excluding hydrogens is 420 g/mol. The number of benzene rings is 2. The number of H-pyrrole nitrogens is 2. The van der Waals surface area contributed by atoms with Gasteiger partial charge in [-0.15, -0.1) is 0 Å². The van der Waals surface area contributed by atoms with Gasteiger partial charge in [-0.3, -0.25) is 15.0 Å². The third-order valence-electron chi connectivity index (χ3n) is 5.54. The zero-order valence-corrected chi connectivity index (χ0v) is 17.5. The van der Waals surface area contributed by atoms with Crippen LogP contribution >= 0.6 is 15.9 Å². The van der Waals surface area contributed by atoms with Gasteiger partial charge in [-0.2, -0.15) is 0 Å². The predicted molar refractivity (Wildman–Crippen MR) is 116 cm³/mol. The summed E-state index contributed by atoms with van der Waals surface area (Å²) in [6.07, 6.45) is 0.517. The Labute approximate surface area is 169 Å². The number of hydrogen-bond acceptors (Lipinski definition) is 3. The summed E-state index contributed by atoms with van der Waals surface area (Å²) in [6, 6.07) is 6.13. The van der Waals surface area contributed by atoms with Crippen molar-refractivity contribution in [1.29, 1.82) is 0 Å². The fourth-order valence-corrected chi connectivity index (χ4v) is 4.46. The van der Waals surface area contributed by atoms with Gasteiger partial charge in [-0.25, -0.2) is 5.84 Å². The van der Waals surface area contributed by atoms with E-state index in [0.717, 1.165) is 48.6 Å². The van der Waals surface area contributed by atoms with Gasteiger partial charge in [0.1, 0.15) is 0 Å². The van der Waals surface area contributed by atoms with Crippen molar-refractivity contribution in [3.05, 3.63) is 55.3 Å². The van der Waals surface area contributed by atoms with E-state index in [2.05, 4.69) is 37.4 Å². The molecule has 0 atom stereocenters. The lowest BCUT2D eigenvalue weighted by atomic mass is 9.95. The molecule has 0 unspecified atom stereocenters. The highest BCUT2D eigenvalue weighted by atomic mass is 79.9. The molecule has 144 valence electrons. The third kappa shape index (κ3) is 2.73. The first kappa shape index (κ1) is 18.7. The number of pyridine rings is 1. The molecule has 2 aromatic heterocycles. The Bertz CT molecular complexity index is 1330. The van der Waals surface area contributed by atoms with Crippen molar-refractivity contribution < 1.29 is 4.79 Å². The van der Waals surface area contributed by atoms with Crippen molar-refractivity contribution >= 4 is 54.5 Å². The summed E-state index contributed by atoms with van der Waals surface area (Å²) in [6.45, 7) is 5.88. The Morgan fingerprint density at radius 2 is 1.79 bits per heavy atom. The van der Waals surface area contributed by atoms with Crippen LogP contribution < -0.4 is 16.7 Å². The second-order valence-electron chi connectivity index (χ2n) is 7.19. The smallest absolute Gasteiger partial charge is 0.234 e. The van der Waals surface area contributed by atoms with Gasteiger partial charge in [0, 0.05) is 38.4 Å². The molecule has 28 heavy (non-hydrogen) atoms. The summed E-state index contributed by atoms with van der Waals surface area (Å²) in [5, 5.41) is 2.91. The molecular formula is C21H21BrN4O2. The number of rotatable bonds is 3. The van der Waals surface area contributed by atoms with Crippen LogP contribution in [-0.2, 0) is 11.2 Å². The van der Waals surface area contributed by atoms with Crippen LogP contribution in [0.15, 0.2) is 27.5 Å². The Hall–Kier alpha value is -2.64. The summed E-state index contributed by atoms with van der Waals surface area (Å²) in [4.78, 5) is 31.8. The Balaban J connectivity index is 2.07. The van der Waals surface area contributed by atoms with Crippen LogP contribution in [0.2, 0.25) is 0 Å². The maximum Gasteiger partial charge on any atom is 0.234 e. The van der Waals surface area contributed by atoms with Gasteiger partial charge in [-0.05, 0) is 56.5 Å². The minimum atomic E-state index is -0.288. The first-order valence-electron chi connectivity index (χ1n) is 9.08. The first-order chi connectivity index (χ1) is 13.3. The molecule has 0 aliphatic carbocycles. The van der Waals surface area contributed by atoms with Gasteiger partial charge in [0.15, 0.2) is 5.43 Å². The fraction of sp³-hybridized carbons (Fsp3) is 0.238. The van der Waals surface area contributed by atoms with E-state index in [1.54, 1.807) is 0 Å². The molecule has 0 aliphatic rings. The van der Waals surface area contributed by atoms with E-state index in [4.69, 9.17) is 5.84 Å². The van der Waals surface area contributed by atoms with Crippen molar-refractivity contribution in [2.24, 2.45) is 5.84 Å². The quantitative estimate of drug-likeness (QED) is 0.221. The number of aromatic amines is 2. The number of nitrogens with one attached hydrogen (secondary N) is 3. The average Bonchev–Trinajstić information content (AvgIpc) is 3.04. The van der Waals surface area contributed by atoms with E-state index in [-0.39, 0.29) is 17.8 Å². The normalized spacial score (nSPS) is 11.6. The number of amides is 1. The number of nitrogens with two attached hydrogens (primary N) is 1. The molecule has 4 aromatic rings. The average molecular weight is 441 g/mol. The van der Waals surface area contributed by atoms with Crippen molar-refractivity contribution in [2.75, 3.05) is 0 Å². The van der Waals surface area contributed by atoms with Gasteiger partial charge in [0.05, 0.1) is 16.4 Å². The molecule has 7 heteroatoms. The topological polar surface area (TPSA) is 104 Å². The van der Waals surface area contributed by atoms with E-state index in [0.29, 0.717) is 17.4 Å². The second kappa shape index (κ2) is 6.76.